The summed E-state index contributed by atoms with van der Waals surface area (Å²) >= 11 is 6.68. The second kappa shape index (κ2) is 11.0. The van der Waals surface area contributed by atoms with Gasteiger partial charge in [-0.05, 0) is 49.6 Å². The highest BCUT2D eigenvalue weighted by atomic mass is 35.5. The number of nitrogens with one attached hydrogen (secondary N) is 1. The van der Waals surface area contributed by atoms with Gasteiger partial charge < -0.3 is 10.2 Å². The summed E-state index contributed by atoms with van der Waals surface area (Å²) in [5.41, 5.74) is 2.33. The van der Waals surface area contributed by atoms with Crippen LogP contribution >= 0.6 is 11.6 Å². The van der Waals surface area contributed by atoms with Crippen molar-refractivity contribution in [2.75, 3.05) is 25.0 Å². The van der Waals surface area contributed by atoms with Crippen LogP contribution in [-0.2, 0) is 11.3 Å². The Balaban J connectivity index is 1.38. The fraction of sp³-hybridized carbons (Fsp3) is 0.444. The number of rotatable bonds is 5. The average Bonchev–Trinajstić information content (AvgIpc) is 2.86. The second-order valence-electron chi connectivity index (χ2n) is 9.38. The molecule has 4 rings (SSSR count). The molecule has 7 heteroatoms. The maximum Gasteiger partial charge on any atom is 0.255 e. The van der Waals surface area contributed by atoms with Gasteiger partial charge in [0.05, 0.1) is 22.3 Å². The van der Waals surface area contributed by atoms with Crippen LogP contribution in [0.4, 0.5) is 5.69 Å². The molecule has 1 aliphatic heterocycles. The number of piperazine rings is 1. The molecule has 2 aliphatic rings. The number of amides is 2. The Morgan fingerprint density at radius 3 is 2.62 bits per heavy atom. The molecule has 1 unspecified atom stereocenters. The molecule has 1 saturated heterocycles. The minimum absolute atomic E-state index is 0.164. The predicted molar refractivity (Wildman–Crippen MR) is 134 cm³/mol. The molecule has 2 amide bonds. The fourth-order valence-electron chi connectivity index (χ4n) is 5.05. The molecule has 1 N–H and O–H groups in total. The lowest BCUT2D eigenvalue weighted by molar-refractivity contribution is -0.141. The third kappa shape index (κ3) is 5.60. The fourth-order valence-corrected chi connectivity index (χ4v) is 5.28. The van der Waals surface area contributed by atoms with E-state index in [0.29, 0.717) is 34.3 Å². The minimum Gasteiger partial charge on any atom is -0.337 e. The van der Waals surface area contributed by atoms with Gasteiger partial charge in [0, 0.05) is 43.7 Å². The van der Waals surface area contributed by atoms with E-state index in [1.165, 1.54) is 19.3 Å². The standard InChI is InChI=1S/C27H31ClN4O2/c1-19-17-31(13-14-32(19)27(34)21-8-3-2-4-9-21)18-23-11-6-12-24(25(23)28)30-26(33)22-10-5-7-20(15-22)16-29/h5-7,10-12,15,19,21H,2-4,8-9,13-14,17-18H2,1H3,(H,30,33). The molecule has 2 fully saturated rings. The molecule has 34 heavy (non-hydrogen) atoms. The normalized spacial score (nSPS) is 19.4. The zero-order chi connectivity index (χ0) is 24.1. The Morgan fingerprint density at radius 2 is 1.88 bits per heavy atom. The molecule has 1 aliphatic carbocycles. The topological polar surface area (TPSA) is 76.4 Å². The molecule has 2 aromatic rings. The van der Waals surface area contributed by atoms with Gasteiger partial charge in [0.2, 0.25) is 5.91 Å². The van der Waals surface area contributed by atoms with Gasteiger partial charge in [-0.25, -0.2) is 0 Å². The van der Waals surface area contributed by atoms with Crippen LogP contribution in [0.25, 0.3) is 0 Å². The summed E-state index contributed by atoms with van der Waals surface area (Å²) in [7, 11) is 0. The number of hydrogen-bond donors (Lipinski definition) is 1. The first-order valence-electron chi connectivity index (χ1n) is 12.1. The van der Waals surface area contributed by atoms with E-state index < -0.39 is 0 Å². The van der Waals surface area contributed by atoms with Crippen molar-refractivity contribution >= 4 is 29.1 Å². The Morgan fingerprint density at radius 1 is 1.12 bits per heavy atom. The summed E-state index contributed by atoms with van der Waals surface area (Å²) in [5.74, 6) is 0.223. The van der Waals surface area contributed by atoms with Crippen molar-refractivity contribution in [2.45, 2.75) is 51.6 Å². The molecular formula is C27H31ClN4O2. The van der Waals surface area contributed by atoms with Gasteiger partial charge in [0.25, 0.3) is 5.91 Å². The Bertz CT molecular complexity index is 1090. The smallest absolute Gasteiger partial charge is 0.255 e. The highest BCUT2D eigenvalue weighted by Crippen LogP contribution is 2.30. The summed E-state index contributed by atoms with van der Waals surface area (Å²) in [6.45, 7) is 5.12. The first kappa shape index (κ1) is 24.3. The number of carbonyl (C=O) groups is 2. The third-order valence-electron chi connectivity index (χ3n) is 6.92. The van der Waals surface area contributed by atoms with Crippen LogP contribution in [0.2, 0.25) is 5.02 Å². The van der Waals surface area contributed by atoms with E-state index >= 15 is 0 Å². The lowest BCUT2D eigenvalue weighted by Gasteiger charge is -2.42. The van der Waals surface area contributed by atoms with E-state index in [1.54, 1.807) is 30.3 Å². The van der Waals surface area contributed by atoms with E-state index in [2.05, 4.69) is 22.0 Å². The van der Waals surface area contributed by atoms with Gasteiger partial charge in [-0.2, -0.15) is 5.26 Å². The van der Waals surface area contributed by atoms with Crippen LogP contribution in [-0.4, -0.2) is 47.3 Å². The number of anilines is 1. The van der Waals surface area contributed by atoms with Crippen LogP contribution in [0, 0.1) is 17.2 Å². The third-order valence-corrected chi connectivity index (χ3v) is 7.37. The highest BCUT2D eigenvalue weighted by molar-refractivity contribution is 6.34. The van der Waals surface area contributed by atoms with Crippen molar-refractivity contribution in [1.82, 2.24) is 9.80 Å². The lowest BCUT2D eigenvalue weighted by atomic mass is 9.88. The predicted octanol–water partition coefficient (Wildman–Crippen LogP) is 5.08. The lowest BCUT2D eigenvalue weighted by Crippen LogP contribution is -2.55. The van der Waals surface area contributed by atoms with Gasteiger partial charge in [-0.15, -0.1) is 0 Å². The summed E-state index contributed by atoms with van der Waals surface area (Å²) in [6, 6.07) is 14.4. The van der Waals surface area contributed by atoms with Gasteiger partial charge in [0.15, 0.2) is 0 Å². The highest BCUT2D eigenvalue weighted by Gasteiger charge is 2.32. The number of carbonyl (C=O) groups excluding carboxylic acids is 2. The Kier molecular flexibility index (Phi) is 7.87. The zero-order valence-corrected chi connectivity index (χ0v) is 20.4. The zero-order valence-electron chi connectivity index (χ0n) is 19.6. The summed E-state index contributed by atoms with van der Waals surface area (Å²) in [5, 5.41) is 12.5. The molecule has 6 nitrogen and oxygen atoms in total. The van der Waals surface area contributed by atoms with E-state index in [4.69, 9.17) is 16.9 Å². The number of benzene rings is 2. The minimum atomic E-state index is -0.306. The molecular weight excluding hydrogens is 448 g/mol. The second-order valence-corrected chi connectivity index (χ2v) is 9.75. The van der Waals surface area contributed by atoms with E-state index in [9.17, 15) is 9.59 Å². The van der Waals surface area contributed by atoms with Crippen molar-refractivity contribution < 1.29 is 9.59 Å². The maximum atomic E-state index is 13.0. The van der Waals surface area contributed by atoms with Crippen LogP contribution in [0.1, 0.15) is 60.5 Å². The van der Waals surface area contributed by atoms with Crippen molar-refractivity contribution in [3.8, 4) is 6.07 Å². The first-order chi connectivity index (χ1) is 16.5. The Hall–Kier alpha value is -2.88. The van der Waals surface area contributed by atoms with Crippen molar-refractivity contribution in [3.05, 3.63) is 64.2 Å². The molecule has 1 atom stereocenters. The van der Waals surface area contributed by atoms with Crippen molar-refractivity contribution in [1.29, 1.82) is 5.26 Å². The van der Waals surface area contributed by atoms with Crippen LogP contribution in [0.3, 0.4) is 0 Å². The van der Waals surface area contributed by atoms with E-state index in [-0.39, 0.29) is 17.9 Å². The van der Waals surface area contributed by atoms with E-state index in [0.717, 1.165) is 38.0 Å². The molecule has 1 saturated carbocycles. The van der Waals surface area contributed by atoms with Gasteiger partial charge in [-0.1, -0.05) is 49.1 Å². The summed E-state index contributed by atoms with van der Waals surface area (Å²) in [4.78, 5) is 30.1. The Labute approximate surface area is 206 Å². The average molecular weight is 479 g/mol. The molecule has 0 aromatic heterocycles. The molecule has 178 valence electrons. The van der Waals surface area contributed by atoms with Gasteiger partial charge in [0.1, 0.15) is 0 Å². The summed E-state index contributed by atoms with van der Waals surface area (Å²) < 4.78 is 0. The largest absolute Gasteiger partial charge is 0.337 e. The monoisotopic (exact) mass is 478 g/mol. The molecule has 0 radical (unpaired) electrons. The van der Waals surface area contributed by atoms with E-state index in [1.807, 2.05) is 18.2 Å². The maximum absolute atomic E-state index is 13.0. The quantitative estimate of drug-likeness (QED) is 0.650. The molecule has 1 heterocycles. The van der Waals surface area contributed by atoms with Crippen LogP contribution in [0.5, 0.6) is 0 Å². The van der Waals surface area contributed by atoms with Gasteiger partial charge in [-0.3, -0.25) is 14.5 Å². The van der Waals surface area contributed by atoms with Crippen LogP contribution < -0.4 is 5.32 Å². The number of halogens is 1. The SMILES string of the molecule is CC1CN(Cc2cccc(NC(=O)c3cccc(C#N)c3)c2Cl)CCN1C(=O)C1CCCCC1. The van der Waals surface area contributed by atoms with Gasteiger partial charge >= 0.3 is 0 Å². The van der Waals surface area contributed by atoms with Crippen molar-refractivity contribution in [3.63, 3.8) is 0 Å². The molecule has 2 aromatic carbocycles. The molecule has 0 spiro atoms. The van der Waals surface area contributed by atoms with Crippen molar-refractivity contribution in [2.24, 2.45) is 5.92 Å². The molecule has 0 bridgehead atoms. The van der Waals surface area contributed by atoms with Crippen LogP contribution in [0.15, 0.2) is 42.5 Å². The number of hydrogen-bond acceptors (Lipinski definition) is 4. The number of nitrogens with zero attached hydrogens (tertiary/aromatic N) is 3. The number of nitriles is 1. The first-order valence-corrected chi connectivity index (χ1v) is 12.5. The summed E-state index contributed by atoms with van der Waals surface area (Å²) in [6.07, 6.45) is 5.64.